The Hall–Kier alpha value is -2.93. The van der Waals surface area contributed by atoms with Crippen LogP contribution in [-0.2, 0) is 11.8 Å². The molecule has 1 amide bonds. The minimum Gasteiger partial charge on any atom is -0.315 e. The molecule has 7 nitrogen and oxygen atoms in total. The van der Waals surface area contributed by atoms with E-state index in [0.29, 0.717) is 12.4 Å². The Morgan fingerprint density at radius 2 is 2.00 bits per heavy atom. The van der Waals surface area contributed by atoms with Gasteiger partial charge in [0, 0.05) is 38.3 Å². The molecule has 4 rings (SSSR count). The molecule has 1 saturated heterocycles. The second-order valence-corrected chi connectivity index (χ2v) is 8.16. The van der Waals surface area contributed by atoms with Crippen molar-refractivity contribution in [3.8, 4) is 5.69 Å². The number of carbonyl (C=O) groups is 1. The monoisotopic (exact) mass is 392 g/mol. The number of amides is 1. The van der Waals surface area contributed by atoms with Crippen molar-refractivity contribution in [2.45, 2.75) is 32.6 Å². The normalized spacial score (nSPS) is 19.1. The molecule has 1 aromatic carbocycles. The van der Waals surface area contributed by atoms with Crippen molar-refractivity contribution in [3.63, 3.8) is 0 Å². The van der Waals surface area contributed by atoms with Gasteiger partial charge in [0.05, 0.1) is 23.5 Å². The second-order valence-electron chi connectivity index (χ2n) is 8.16. The summed E-state index contributed by atoms with van der Waals surface area (Å²) >= 11 is 0. The maximum atomic E-state index is 13.2. The molecule has 7 heteroatoms. The SMILES string of the molecule is Cc1ccc(-n2nc(C(C)C)cc2NC(=O)[C@H]2CNC[C@@H]2c2cnn(C)c2)cc1. The van der Waals surface area contributed by atoms with Gasteiger partial charge in [-0.2, -0.15) is 10.2 Å². The molecule has 152 valence electrons. The predicted molar refractivity (Wildman–Crippen MR) is 113 cm³/mol. The van der Waals surface area contributed by atoms with Crippen molar-refractivity contribution in [3.05, 3.63) is 59.5 Å². The van der Waals surface area contributed by atoms with Crippen LogP contribution in [0.3, 0.4) is 0 Å². The fourth-order valence-electron chi connectivity index (χ4n) is 3.81. The molecule has 2 atom stereocenters. The second kappa shape index (κ2) is 7.83. The van der Waals surface area contributed by atoms with E-state index in [-0.39, 0.29) is 23.7 Å². The van der Waals surface area contributed by atoms with Crippen LogP contribution in [0.2, 0.25) is 0 Å². The quantitative estimate of drug-likeness (QED) is 0.700. The highest BCUT2D eigenvalue weighted by molar-refractivity contribution is 5.93. The van der Waals surface area contributed by atoms with Crippen molar-refractivity contribution < 1.29 is 4.79 Å². The molecule has 2 aromatic heterocycles. The van der Waals surface area contributed by atoms with Crippen LogP contribution in [0.25, 0.3) is 5.69 Å². The first-order chi connectivity index (χ1) is 13.9. The van der Waals surface area contributed by atoms with Gasteiger partial charge in [0.15, 0.2) is 0 Å². The van der Waals surface area contributed by atoms with Crippen molar-refractivity contribution in [1.82, 2.24) is 24.9 Å². The molecule has 29 heavy (non-hydrogen) atoms. The molecule has 3 aromatic rings. The lowest BCUT2D eigenvalue weighted by atomic mass is 9.90. The Kier molecular flexibility index (Phi) is 5.24. The Bertz CT molecular complexity index is 1000. The van der Waals surface area contributed by atoms with Crippen LogP contribution in [-0.4, -0.2) is 38.6 Å². The van der Waals surface area contributed by atoms with Crippen LogP contribution in [0.1, 0.15) is 42.5 Å². The first kappa shape index (κ1) is 19.4. The first-order valence-corrected chi connectivity index (χ1v) is 10.1. The number of anilines is 1. The van der Waals surface area contributed by atoms with Crippen molar-refractivity contribution >= 4 is 11.7 Å². The average molecular weight is 393 g/mol. The number of benzene rings is 1. The molecule has 2 N–H and O–H groups in total. The van der Waals surface area contributed by atoms with Gasteiger partial charge < -0.3 is 10.6 Å². The number of nitrogens with one attached hydrogen (secondary N) is 2. The minimum absolute atomic E-state index is 0.00687. The van der Waals surface area contributed by atoms with Gasteiger partial charge in [0.25, 0.3) is 0 Å². The van der Waals surface area contributed by atoms with E-state index in [0.717, 1.165) is 23.5 Å². The zero-order valence-electron chi connectivity index (χ0n) is 17.4. The zero-order valence-corrected chi connectivity index (χ0v) is 17.4. The Balaban J connectivity index is 1.61. The molecule has 0 bridgehead atoms. The minimum atomic E-state index is -0.150. The van der Waals surface area contributed by atoms with Gasteiger partial charge in [0.1, 0.15) is 5.82 Å². The van der Waals surface area contributed by atoms with Crippen LogP contribution >= 0.6 is 0 Å². The van der Waals surface area contributed by atoms with E-state index >= 15 is 0 Å². The van der Waals surface area contributed by atoms with Gasteiger partial charge >= 0.3 is 0 Å². The lowest BCUT2D eigenvalue weighted by Crippen LogP contribution is -2.28. The molecule has 0 aliphatic carbocycles. The van der Waals surface area contributed by atoms with Crippen molar-refractivity contribution in [1.29, 1.82) is 0 Å². The zero-order chi connectivity index (χ0) is 20.5. The maximum Gasteiger partial charge on any atom is 0.230 e. The lowest BCUT2D eigenvalue weighted by molar-refractivity contribution is -0.119. The number of hydrogen-bond donors (Lipinski definition) is 2. The fourth-order valence-corrected chi connectivity index (χ4v) is 3.81. The summed E-state index contributed by atoms with van der Waals surface area (Å²) in [5.74, 6) is 0.951. The van der Waals surface area contributed by atoms with E-state index in [4.69, 9.17) is 5.10 Å². The number of carbonyl (C=O) groups excluding carboxylic acids is 1. The van der Waals surface area contributed by atoms with Gasteiger partial charge in [0.2, 0.25) is 5.91 Å². The van der Waals surface area contributed by atoms with Crippen LogP contribution in [0.5, 0.6) is 0 Å². The summed E-state index contributed by atoms with van der Waals surface area (Å²) in [6.07, 6.45) is 3.84. The molecule has 1 fully saturated rings. The summed E-state index contributed by atoms with van der Waals surface area (Å²) in [6, 6.07) is 10.1. The smallest absolute Gasteiger partial charge is 0.230 e. The number of nitrogens with zero attached hydrogens (tertiary/aromatic N) is 4. The third kappa shape index (κ3) is 3.96. The van der Waals surface area contributed by atoms with E-state index < -0.39 is 0 Å². The molecule has 1 aliphatic heterocycles. The Morgan fingerprint density at radius 3 is 2.66 bits per heavy atom. The largest absolute Gasteiger partial charge is 0.315 e. The van der Waals surface area contributed by atoms with Gasteiger partial charge in [-0.1, -0.05) is 31.5 Å². The number of hydrogen-bond acceptors (Lipinski definition) is 4. The fraction of sp³-hybridized carbons (Fsp3) is 0.409. The van der Waals surface area contributed by atoms with Gasteiger partial charge in [-0.15, -0.1) is 0 Å². The summed E-state index contributed by atoms with van der Waals surface area (Å²) in [4.78, 5) is 13.2. The number of aromatic nitrogens is 4. The van der Waals surface area contributed by atoms with Crippen LogP contribution < -0.4 is 10.6 Å². The highest BCUT2D eigenvalue weighted by Crippen LogP contribution is 2.30. The first-order valence-electron chi connectivity index (χ1n) is 10.1. The Morgan fingerprint density at radius 1 is 1.24 bits per heavy atom. The topological polar surface area (TPSA) is 76.8 Å². The maximum absolute atomic E-state index is 13.2. The standard InChI is InChI=1S/C22H28N6O/c1-14(2)20-9-21(28(26-20)17-7-5-15(3)6-8-17)25-22(29)19-12-23-11-18(19)16-10-24-27(4)13-16/h5-10,13-14,18-19,23H,11-12H2,1-4H3,(H,25,29)/t18-,19+/m1/s1. The predicted octanol–water partition coefficient (Wildman–Crippen LogP) is 2.98. The highest BCUT2D eigenvalue weighted by atomic mass is 16.2. The number of rotatable bonds is 5. The van der Waals surface area contributed by atoms with Crippen LogP contribution in [0.15, 0.2) is 42.7 Å². The van der Waals surface area contributed by atoms with Crippen LogP contribution in [0.4, 0.5) is 5.82 Å². The summed E-state index contributed by atoms with van der Waals surface area (Å²) in [6.45, 7) is 7.69. The van der Waals surface area contributed by atoms with E-state index in [2.05, 4.69) is 48.6 Å². The van der Waals surface area contributed by atoms with Crippen molar-refractivity contribution in [2.75, 3.05) is 18.4 Å². The molecule has 1 aliphatic rings. The molecule has 0 spiro atoms. The molecular formula is C22H28N6O. The third-order valence-corrected chi connectivity index (χ3v) is 5.55. The highest BCUT2D eigenvalue weighted by Gasteiger charge is 2.35. The van der Waals surface area contributed by atoms with Gasteiger partial charge in [-0.25, -0.2) is 4.68 Å². The van der Waals surface area contributed by atoms with E-state index in [1.54, 1.807) is 4.68 Å². The van der Waals surface area contributed by atoms with Gasteiger partial charge in [-0.3, -0.25) is 9.48 Å². The summed E-state index contributed by atoms with van der Waals surface area (Å²) in [5, 5.41) is 15.5. The average Bonchev–Trinajstić information content (AvgIpc) is 3.41. The van der Waals surface area contributed by atoms with Crippen LogP contribution in [0, 0.1) is 12.8 Å². The van der Waals surface area contributed by atoms with E-state index in [1.807, 2.05) is 42.3 Å². The lowest BCUT2D eigenvalue weighted by Gasteiger charge is -2.17. The molecule has 3 heterocycles. The Labute approximate surface area is 171 Å². The van der Waals surface area contributed by atoms with Gasteiger partial charge in [-0.05, 0) is 30.5 Å². The van der Waals surface area contributed by atoms with Crippen molar-refractivity contribution in [2.24, 2.45) is 13.0 Å². The summed E-state index contributed by atoms with van der Waals surface area (Å²) < 4.78 is 3.61. The molecule has 0 radical (unpaired) electrons. The summed E-state index contributed by atoms with van der Waals surface area (Å²) in [5.41, 5.74) is 4.17. The third-order valence-electron chi connectivity index (χ3n) is 5.55. The molecule has 0 unspecified atom stereocenters. The van der Waals surface area contributed by atoms with E-state index in [9.17, 15) is 4.79 Å². The van der Waals surface area contributed by atoms with E-state index in [1.165, 1.54) is 5.56 Å². The molecule has 0 saturated carbocycles. The number of aryl methyl sites for hydroxylation is 2. The summed E-state index contributed by atoms with van der Waals surface area (Å²) in [7, 11) is 1.90. The molecular weight excluding hydrogens is 364 g/mol.